The zero-order valence-electron chi connectivity index (χ0n) is 18.6. The zero-order chi connectivity index (χ0) is 21.0. The van der Waals surface area contributed by atoms with Crippen molar-refractivity contribution in [1.82, 2.24) is 4.90 Å². The molecule has 0 fully saturated rings. The SMILES string of the molecule is CCCCC/C=C\C/C=C\CCCCCCCC(=O)N(CC(C)O)CC(C)O. The maximum absolute atomic E-state index is 12.2. The minimum absolute atomic E-state index is 0.0347. The Morgan fingerprint density at radius 3 is 1.82 bits per heavy atom. The molecule has 0 aromatic carbocycles. The zero-order valence-corrected chi connectivity index (χ0v) is 18.6. The van der Waals surface area contributed by atoms with Crippen molar-refractivity contribution >= 4 is 5.91 Å². The van der Waals surface area contributed by atoms with Crippen LogP contribution in [0.1, 0.15) is 97.8 Å². The van der Waals surface area contributed by atoms with Crippen molar-refractivity contribution in [2.45, 2.75) is 110 Å². The third-order valence-corrected chi connectivity index (χ3v) is 4.66. The molecule has 2 N–H and O–H groups in total. The fourth-order valence-electron chi connectivity index (χ4n) is 3.16. The summed E-state index contributed by atoms with van der Waals surface area (Å²) in [5, 5.41) is 19.0. The first-order valence-electron chi connectivity index (χ1n) is 11.4. The number of carbonyl (C=O) groups excluding carboxylic acids is 1. The van der Waals surface area contributed by atoms with Crippen LogP contribution in [0.15, 0.2) is 24.3 Å². The van der Waals surface area contributed by atoms with Crippen LogP contribution < -0.4 is 0 Å². The average molecular weight is 396 g/mol. The van der Waals surface area contributed by atoms with Crippen LogP contribution >= 0.6 is 0 Å². The molecule has 4 nitrogen and oxygen atoms in total. The van der Waals surface area contributed by atoms with Gasteiger partial charge in [0.2, 0.25) is 5.91 Å². The van der Waals surface area contributed by atoms with E-state index in [0.29, 0.717) is 19.5 Å². The van der Waals surface area contributed by atoms with Gasteiger partial charge in [0.25, 0.3) is 0 Å². The van der Waals surface area contributed by atoms with Gasteiger partial charge in [0.05, 0.1) is 12.2 Å². The molecule has 0 saturated heterocycles. The molecular formula is C24H45NO3. The minimum atomic E-state index is -0.563. The van der Waals surface area contributed by atoms with E-state index in [1.165, 1.54) is 38.5 Å². The Balaban J connectivity index is 3.64. The van der Waals surface area contributed by atoms with Crippen LogP contribution in [0.5, 0.6) is 0 Å². The van der Waals surface area contributed by atoms with Gasteiger partial charge in [-0.15, -0.1) is 0 Å². The van der Waals surface area contributed by atoms with Gasteiger partial charge in [0, 0.05) is 19.5 Å². The molecule has 0 rings (SSSR count). The van der Waals surface area contributed by atoms with Crippen LogP contribution in [0.2, 0.25) is 0 Å². The average Bonchev–Trinajstić information content (AvgIpc) is 2.63. The molecule has 2 atom stereocenters. The lowest BCUT2D eigenvalue weighted by atomic mass is 10.1. The highest BCUT2D eigenvalue weighted by Gasteiger charge is 2.16. The number of aliphatic hydroxyl groups is 2. The number of hydrogen-bond donors (Lipinski definition) is 2. The van der Waals surface area contributed by atoms with Gasteiger partial charge in [-0.1, -0.05) is 63.3 Å². The van der Waals surface area contributed by atoms with Crippen LogP contribution in [0, 0.1) is 0 Å². The Hall–Kier alpha value is -1.13. The summed E-state index contributed by atoms with van der Waals surface area (Å²) in [4.78, 5) is 13.8. The molecule has 0 aliphatic rings. The highest BCUT2D eigenvalue weighted by atomic mass is 16.3. The molecule has 4 heteroatoms. The lowest BCUT2D eigenvalue weighted by molar-refractivity contribution is -0.134. The van der Waals surface area contributed by atoms with E-state index in [4.69, 9.17) is 0 Å². The van der Waals surface area contributed by atoms with Gasteiger partial charge in [0.1, 0.15) is 0 Å². The van der Waals surface area contributed by atoms with Crippen molar-refractivity contribution in [3.63, 3.8) is 0 Å². The van der Waals surface area contributed by atoms with E-state index in [9.17, 15) is 15.0 Å². The van der Waals surface area contributed by atoms with Gasteiger partial charge < -0.3 is 15.1 Å². The maximum Gasteiger partial charge on any atom is 0.222 e. The van der Waals surface area contributed by atoms with Gasteiger partial charge in [-0.3, -0.25) is 4.79 Å². The van der Waals surface area contributed by atoms with Crippen LogP contribution in [0.3, 0.4) is 0 Å². The molecule has 0 aliphatic heterocycles. The topological polar surface area (TPSA) is 60.8 Å². The number of nitrogens with zero attached hydrogens (tertiary/aromatic N) is 1. The summed E-state index contributed by atoms with van der Waals surface area (Å²) >= 11 is 0. The standard InChI is InChI=1S/C24H45NO3/c1-4-5-6-7-8-9-10-11-12-13-14-15-16-17-18-19-24(28)25(20-22(2)26)21-23(3)27/h8-9,11-12,22-23,26-27H,4-7,10,13-21H2,1-3H3/b9-8-,12-11-. The molecule has 164 valence electrons. The first-order valence-corrected chi connectivity index (χ1v) is 11.4. The Morgan fingerprint density at radius 2 is 1.29 bits per heavy atom. The quantitative estimate of drug-likeness (QED) is 0.242. The fraction of sp³-hybridized carbons (Fsp3) is 0.792. The summed E-state index contributed by atoms with van der Waals surface area (Å²) < 4.78 is 0. The summed E-state index contributed by atoms with van der Waals surface area (Å²) in [5.74, 6) is 0.0347. The number of carbonyl (C=O) groups is 1. The molecule has 2 unspecified atom stereocenters. The summed E-state index contributed by atoms with van der Waals surface area (Å²) in [7, 11) is 0. The van der Waals surface area contributed by atoms with E-state index in [-0.39, 0.29) is 5.91 Å². The maximum atomic E-state index is 12.2. The fourth-order valence-corrected chi connectivity index (χ4v) is 3.16. The predicted molar refractivity (Wildman–Crippen MR) is 119 cm³/mol. The Morgan fingerprint density at radius 1 is 0.786 bits per heavy atom. The van der Waals surface area contributed by atoms with E-state index in [1.807, 2.05) is 0 Å². The van der Waals surface area contributed by atoms with Crippen molar-refractivity contribution in [3.8, 4) is 0 Å². The van der Waals surface area contributed by atoms with Crippen LogP contribution in [0.4, 0.5) is 0 Å². The van der Waals surface area contributed by atoms with E-state index in [0.717, 1.165) is 32.1 Å². The largest absolute Gasteiger partial charge is 0.392 e. The molecule has 0 aliphatic carbocycles. The second kappa shape index (κ2) is 19.2. The van der Waals surface area contributed by atoms with Gasteiger partial charge >= 0.3 is 0 Å². The van der Waals surface area contributed by atoms with Gasteiger partial charge in [-0.2, -0.15) is 0 Å². The summed E-state index contributed by atoms with van der Waals surface area (Å²) in [6, 6.07) is 0. The molecule has 0 saturated carbocycles. The predicted octanol–water partition coefficient (Wildman–Crippen LogP) is 5.39. The third-order valence-electron chi connectivity index (χ3n) is 4.66. The monoisotopic (exact) mass is 395 g/mol. The lowest BCUT2D eigenvalue weighted by Gasteiger charge is -2.25. The highest BCUT2D eigenvalue weighted by molar-refractivity contribution is 5.76. The Kier molecular flexibility index (Phi) is 18.4. The smallest absolute Gasteiger partial charge is 0.222 e. The summed E-state index contributed by atoms with van der Waals surface area (Å²) in [5.41, 5.74) is 0. The van der Waals surface area contributed by atoms with Crippen LogP contribution in [-0.4, -0.2) is 46.3 Å². The van der Waals surface area contributed by atoms with Crippen LogP contribution in [0.25, 0.3) is 0 Å². The minimum Gasteiger partial charge on any atom is -0.392 e. The van der Waals surface area contributed by atoms with Gasteiger partial charge in [0.15, 0.2) is 0 Å². The molecule has 0 bridgehead atoms. The van der Waals surface area contributed by atoms with E-state index < -0.39 is 12.2 Å². The van der Waals surface area contributed by atoms with Crippen molar-refractivity contribution < 1.29 is 15.0 Å². The molecule has 28 heavy (non-hydrogen) atoms. The molecule has 0 spiro atoms. The summed E-state index contributed by atoms with van der Waals surface area (Å²) in [6.07, 6.45) is 21.3. The molecule has 0 heterocycles. The summed E-state index contributed by atoms with van der Waals surface area (Å²) in [6.45, 7) is 6.16. The van der Waals surface area contributed by atoms with Gasteiger partial charge in [-0.25, -0.2) is 0 Å². The van der Waals surface area contributed by atoms with E-state index in [2.05, 4.69) is 31.2 Å². The number of hydrogen-bond acceptors (Lipinski definition) is 3. The first kappa shape index (κ1) is 26.9. The number of allylic oxidation sites excluding steroid dienone is 4. The lowest BCUT2D eigenvalue weighted by Crippen LogP contribution is -2.40. The third kappa shape index (κ3) is 18.2. The van der Waals surface area contributed by atoms with Crippen molar-refractivity contribution in [1.29, 1.82) is 0 Å². The normalized spacial score (nSPS) is 14.0. The Bertz CT molecular complexity index is 406. The second-order valence-corrected chi connectivity index (χ2v) is 7.98. The molecule has 0 aromatic rings. The number of amides is 1. The second-order valence-electron chi connectivity index (χ2n) is 7.98. The number of aliphatic hydroxyl groups excluding tert-OH is 2. The highest BCUT2D eigenvalue weighted by Crippen LogP contribution is 2.10. The number of rotatable bonds is 18. The van der Waals surface area contributed by atoms with Crippen molar-refractivity contribution in [2.75, 3.05) is 13.1 Å². The van der Waals surface area contributed by atoms with Crippen molar-refractivity contribution in [3.05, 3.63) is 24.3 Å². The molecule has 0 radical (unpaired) electrons. The van der Waals surface area contributed by atoms with Crippen LogP contribution in [-0.2, 0) is 4.79 Å². The molecular weight excluding hydrogens is 350 g/mol. The molecule has 0 aromatic heterocycles. The van der Waals surface area contributed by atoms with E-state index >= 15 is 0 Å². The van der Waals surface area contributed by atoms with E-state index in [1.54, 1.807) is 18.7 Å². The first-order chi connectivity index (χ1) is 13.5. The van der Waals surface area contributed by atoms with Gasteiger partial charge in [-0.05, 0) is 52.4 Å². The van der Waals surface area contributed by atoms with Crippen molar-refractivity contribution in [2.24, 2.45) is 0 Å². The number of unbranched alkanes of at least 4 members (excludes halogenated alkanes) is 8. The Labute approximate surface area is 173 Å². The molecule has 1 amide bonds.